The molecule has 1 aliphatic heterocycles. The summed E-state index contributed by atoms with van der Waals surface area (Å²) in [6.45, 7) is 5.79. The van der Waals surface area contributed by atoms with Gasteiger partial charge in [0.05, 0.1) is 0 Å². The molecule has 2 aliphatic rings. The van der Waals surface area contributed by atoms with Crippen LogP contribution in [0.4, 0.5) is 0 Å². The van der Waals surface area contributed by atoms with Crippen LogP contribution in [0.5, 0.6) is 0 Å². The number of nitrogens with one attached hydrogen (secondary N) is 1. The molecule has 1 heterocycles. The second-order valence-corrected chi connectivity index (χ2v) is 10.7. The number of rotatable bonds is 9. The van der Waals surface area contributed by atoms with Crippen LogP contribution in [0.1, 0.15) is 76.7 Å². The molecule has 168 valence electrons. The van der Waals surface area contributed by atoms with Gasteiger partial charge in [0.2, 0.25) is 5.91 Å². The SMILES string of the molecule is CCCC(=O)NC1CCC(CCCN2CCC(Cc3cc(Cl)ccc3Br)CC2)CC1. The largest absolute Gasteiger partial charge is 0.353 e. The van der Waals surface area contributed by atoms with E-state index in [0.717, 1.165) is 29.7 Å². The van der Waals surface area contributed by atoms with E-state index in [1.54, 1.807) is 0 Å². The molecule has 1 aromatic rings. The number of hydrogen-bond acceptors (Lipinski definition) is 2. The van der Waals surface area contributed by atoms with Crippen LogP contribution in [-0.4, -0.2) is 36.5 Å². The highest BCUT2D eigenvalue weighted by atomic mass is 79.9. The Labute approximate surface area is 196 Å². The molecule has 1 amide bonds. The topological polar surface area (TPSA) is 32.3 Å². The van der Waals surface area contributed by atoms with Crippen molar-refractivity contribution in [2.45, 2.75) is 83.6 Å². The highest BCUT2D eigenvalue weighted by Gasteiger charge is 2.23. The summed E-state index contributed by atoms with van der Waals surface area (Å²) in [6.07, 6.45) is 12.9. The molecule has 30 heavy (non-hydrogen) atoms. The van der Waals surface area contributed by atoms with Gasteiger partial charge in [-0.25, -0.2) is 0 Å². The molecule has 0 unspecified atom stereocenters. The third kappa shape index (κ3) is 7.84. The van der Waals surface area contributed by atoms with E-state index < -0.39 is 0 Å². The first-order chi connectivity index (χ1) is 14.5. The zero-order valence-corrected chi connectivity index (χ0v) is 20.8. The lowest BCUT2D eigenvalue weighted by molar-refractivity contribution is -0.122. The van der Waals surface area contributed by atoms with Crippen LogP contribution >= 0.6 is 27.5 Å². The molecular weight excluding hydrogens is 460 g/mol. The lowest BCUT2D eigenvalue weighted by Gasteiger charge is -2.33. The molecule has 3 nitrogen and oxygen atoms in total. The number of nitrogens with zero attached hydrogens (tertiary/aromatic N) is 1. The highest BCUT2D eigenvalue weighted by molar-refractivity contribution is 9.10. The van der Waals surface area contributed by atoms with Crippen LogP contribution < -0.4 is 5.32 Å². The number of hydrogen-bond donors (Lipinski definition) is 1. The van der Waals surface area contributed by atoms with E-state index in [-0.39, 0.29) is 5.91 Å². The van der Waals surface area contributed by atoms with Crippen molar-refractivity contribution >= 4 is 33.4 Å². The molecule has 1 saturated heterocycles. The first-order valence-electron chi connectivity index (χ1n) is 12.0. The van der Waals surface area contributed by atoms with Gasteiger partial charge in [-0.15, -0.1) is 0 Å². The zero-order chi connectivity index (χ0) is 21.3. The Morgan fingerprint density at radius 2 is 1.87 bits per heavy atom. The fraction of sp³-hybridized carbons (Fsp3) is 0.720. The van der Waals surface area contributed by atoms with Crippen molar-refractivity contribution in [2.75, 3.05) is 19.6 Å². The third-order valence-electron chi connectivity index (χ3n) is 7.00. The number of likely N-dealkylation sites (tertiary alicyclic amines) is 1. The lowest BCUT2D eigenvalue weighted by atomic mass is 9.83. The summed E-state index contributed by atoms with van der Waals surface area (Å²) in [5, 5.41) is 4.05. The molecule has 1 saturated carbocycles. The minimum absolute atomic E-state index is 0.243. The van der Waals surface area contributed by atoms with Crippen molar-refractivity contribution in [3.8, 4) is 0 Å². The molecular formula is C25H38BrClN2O. The third-order valence-corrected chi connectivity index (χ3v) is 8.01. The molecule has 1 N–H and O–H groups in total. The van der Waals surface area contributed by atoms with Gasteiger partial charge >= 0.3 is 0 Å². The Morgan fingerprint density at radius 1 is 1.13 bits per heavy atom. The van der Waals surface area contributed by atoms with Crippen LogP contribution in [0.25, 0.3) is 0 Å². The Balaban J connectivity index is 1.28. The van der Waals surface area contributed by atoms with Crippen LogP contribution in [0.2, 0.25) is 5.02 Å². The Bertz CT molecular complexity index is 667. The quantitative estimate of drug-likeness (QED) is 0.416. The molecule has 1 aliphatic carbocycles. The van der Waals surface area contributed by atoms with Crippen molar-refractivity contribution in [2.24, 2.45) is 11.8 Å². The van der Waals surface area contributed by atoms with E-state index in [4.69, 9.17) is 11.6 Å². The molecule has 1 aromatic carbocycles. The van der Waals surface area contributed by atoms with Crippen LogP contribution in [0, 0.1) is 11.8 Å². The Kier molecular flexibility index (Phi) is 9.99. The molecule has 0 radical (unpaired) electrons. The summed E-state index contributed by atoms with van der Waals surface area (Å²) in [5.74, 6) is 1.88. The Hall–Kier alpha value is -0.580. The smallest absolute Gasteiger partial charge is 0.220 e. The molecule has 5 heteroatoms. The van der Waals surface area contributed by atoms with E-state index in [1.165, 1.54) is 81.0 Å². The number of piperidine rings is 1. The van der Waals surface area contributed by atoms with Gasteiger partial charge in [0.15, 0.2) is 0 Å². The van der Waals surface area contributed by atoms with Gasteiger partial charge in [-0.1, -0.05) is 34.5 Å². The summed E-state index contributed by atoms with van der Waals surface area (Å²) in [5.41, 5.74) is 1.35. The van der Waals surface area contributed by atoms with E-state index >= 15 is 0 Å². The number of carbonyl (C=O) groups is 1. The van der Waals surface area contributed by atoms with Gasteiger partial charge in [0, 0.05) is 22.0 Å². The standard InChI is InChI=1S/C25H38BrClN2O/c1-2-4-25(30)28-23-9-6-19(7-10-23)5-3-14-29-15-12-20(13-16-29)17-21-18-22(27)8-11-24(21)26/h8,11,18-20,23H,2-7,9-10,12-17H2,1H3,(H,28,30). The van der Waals surface area contributed by atoms with E-state index in [1.807, 2.05) is 6.07 Å². The van der Waals surface area contributed by atoms with Gasteiger partial charge in [-0.05, 0) is 119 Å². The molecule has 0 atom stereocenters. The van der Waals surface area contributed by atoms with Gasteiger partial charge in [-0.2, -0.15) is 0 Å². The molecule has 0 bridgehead atoms. The van der Waals surface area contributed by atoms with Crippen LogP contribution in [0.3, 0.4) is 0 Å². The number of benzene rings is 1. The predicted molar refractivity (Wildman–Crippen MR) is 130 cm³/mol. The zero-order valence-electron chi connectivity index (χ0n) is 18.5. The van der Waals surface area contributed by atoms with Gasteiger partial charge in [0.1, 0.15) is 0 Å². The second-order valence-electron chi connectivity index (χ2n) is 9.40. The van der Waals surface area contributed by atoms with Gasteiger partial charge < -0.3 is 10.2 Å². The summed E-state index contributed by atoms with van der Waals surface area (Å²) in [4.78, 5) is 14.4. The van der Waals surface area contributed by atoms with Crippen molar-refractivity contribution in [3.63, 3.8) is 0 Å². The van der Waals surface area contributed by atoms with E-state index in [0.29, 0.717) is 12.5 Å². The first kappa shape index (κ1) is 24.1. The normalized spacial score (nSPS) is 23.4. The van der Waals surface area contributed by atoms with Gasteiger partial charge in [0.25, 0.3) is 0 Å². The van der Waals surface area contributed by atoms with Crippen molar-refractivity contribution in [1.82, 2.24) is 10.2 Å². The average molecular weight is 498 g/mol. The predicted octanol–water partition coefficient (Wildman–Crippen LogP) is 6.61. The van der Waals surface area contributed by atoms with Crippen LogP contribution in [-0.2, 0) is 11.2 Å². The fourth-order valence-electron chi connectivity index (χ4n) is 5.15. The Morgan fingerprint density at radius 3 is 2.57 bits per heavy atom. The lowest BCUT2D eigenvalue weighted by Crippen LogP contribution is -2.37. The maximum atomic E-state index is 11.8. The monoisotopic (exact) mass is 496 g/mol. The maximum Gasteiger partial charge on any atom is 0.220 e. The van der Waals surface area contributed by atoms with E-state index in [2.05, 4.69) is 45.2 Å². The van der Waals surface area contributed by atoms with Gasteiger partial charge in [-0.3, -0.25) is 4.79 Å². The maximum absolute atomic E-state index is 11.8. The molecule has 3 rings (SSSR count). The van der Waals surface area contributed by atoms with E-state index in [9.17, 15) is 4.79 Å². The number of amides is 1. The number of halogens is 2. The number of carbonyl (C=O) groups excluding carboxylic acids is 1. The van der Waals surface area contributed by atoms with Crippen LogP contribution in [0.15, 0.2) is 22.7 Å². The second kappa shape index (κ2) is 12.5. The average Bonchev–Trinajstić information content (AvgIpc) is 2.73. The molecule has 0 aromatic heterocycles. The molecule has 2 fully saturated rings. The van der Waals surface area contributed by atoms with Crippen molar-refractivity contribution in [1.29, 1.82) is 0 Å². The summed E-state index contributed by atoms with van der Waals surface area (Å²) in [6, 6.07) is 6.56. The first-order valence-corrected chi connectivity index (χ1v) is 13.2. The van der Waals surface area contributed by atoms with Crippen molar-refractivity contribution < 1.29 is 4.79 Å². The minimum Gasteiger partial charge on any atom is -0.353 e. The highest BCUT2D eigenvalue weighted by Crippen LogP contribution is 2.30. The summed E-state index contributed by atoms with van der Waals surface area (Å²) >= 11 is 9.85. The van der Waals surface area contributed by atoms with Crippen molar-refractivity contribution in [3.05, 3.63) is 33.3 Å². The minimum atomic E-state index is 0.243. The summed E-state index contributed by atoms with van der Waals surface area (Å²) in [7, 11) is 0. The molecule has 0 spiro atoms. The summed E-state index contributed by atoms with van der Waals surface area (Å²) < 4.78 is 1.19. The fourth-order valence-corrected chi connectivity index (χ4v) is 5.75.